The first-order valence-electron chi connectivity index (χ1n) is 12.5. The lowest BCUT2D eigenvalue weighted by Gasteiger charge is -1.86. The zero-order chi connectivity index (χ0) is 23.5. The van der Waals surface area contributed by atoms with E-state index in [1.54, 1.807) is 27.7 Å². The molecular weight excluding hydrogens is 420 g/mol. The summed E-state index contributed by atoms with van der Waals surface area (Å²) in [6, 6.07) is 0. The fourth-order valence-corrected chi connectivity index (χ4v) is 8.74. The van der Waals surface area contributed by atoms with Crippen LogP contribution in [-0.2, 0) is 0 Å². The van der Waals surface area contributed by atoms with Crippen LogP contribution in [0.4, 0.5) is 0 Å². The van der Waals surface area contributed by atoms with Crippen molar-refractivity contribution in [2.45, 2.75) is 91.5 Å². The molecule has 0 heteroatoms. The van der Waals surface area contributed by atoms with Crippen molar-refractivity contribution < 1.29 is 0 Å². The highest BCUT2D eigenvalue weighted by molar-refractivity contribution is 5.81. The Kier molecular flexibility index (Phi) is 6.55. The molecule has 0 saturated heterocycles. The molecule has 6 atom stereocenters. The molecule has 0 aliphatic heterocycles. The molecule has 35 heavy (non-hydrogen) atoms. The maximum Gasteiger partial charge on any atom is 0.0449 e. The molecule has 12 fully saturated rings. The van der Waals surface area contributed by atoms with Gasteiger partial charge in [-0.1, -0.05) is 86.5 Å². The van der Waals surface area contributed by atoms with E-state index in [1.807, 2.05) is 20.8 Å². The molecule has 12 rings (SSSR count). The van der Waals surface area contributed by atoms with Gasteiger partial charge in [0.1, 0.15) is 0 Å². The predicted octanol–water partition coefficient (Wildman–Crippen LogP) is 7.79. The molecule has 12 aliphatic rings. The second-order valence-corrected chi connectivity index (χ2v) is 11.2. The average Bonchev–Trinajstić information content (AvgIpc) is 3.55. The fraction of sp³-hybridized carbons (Fsp3) is 0.714. The Balaban J connectivity index is 0.000000161. The molecule has 6 unspecified atom stereocenters. The van der Waals surface area contributed by atoms with Crippen molar-refractivity contribution in [1.29, 1.82) is 0 Å². The Morgan fingerprint density at radius 3 is 0.743 bits per heavy atom. The lowest BCUT2D eigenvalue weighted by molar-refractivity contribution is 0.589. The van der Waals surface area contributed by atoms with Crippen molar-refractivity contribution in [3.05, 3.63) is 0 Å². The van der Waals surface area contributed by atoms with E-state index in [-0.39, 0.29) is 22.3 Å². The molecule has 0 heterocycles. The van der Waals surface area contributed by atoms with E-state index in [9.17, 15) is 0 Å². The number of hydrogen-bond acceptors (Lipinski definition) is 0. The SMILES string of the molecule is C.C.C.CC.CC#CC#CC.CC#CC#CC.CC#CC12C3C1C32C.CC12C3C1C32C12C3C1C32C. The second-order valence-electron chi connectivity index (χ2n) is 11.2. The summed E-state index contributed by atoms with van der Waals surface area (Å²) in [7, 11) is 0. The summed E-state index contributed by atoms with van der Waals surface area (Å²) < 4.78 is 0. The van der Waals surface area contributed by atoms with Gasteiger partial charge in [0.2, 0.25) is 0 Å². The Labute approximate surface area is 218 Å². The monoisotopic (exact) mass is 468 g/mol. The summed E-state index contributed by atoms with van der Waals surface area (Å²) in [6.45, 7) is 20.5. The van der Waals surface area contributed by atoms with E-state index in [0.29, 0.717) is 5.41 Å². The summed E-state index contributed by atoms with van der Waals surface area (Å²) >= 11 is 0. The van der Waals surface area contributed by atoms with Crippen molar-refractivity contribution in [1.82, 2.24) is 0 Å². The van der Waals surface area contributed by atoms with Gasteiger partial charge in [0.05, 0.1) is 0 Å². The molecule has 0 aromatic carbocycles. The van der Waals surface area contributed by atoms with Crippen LogP contribution < -0.4 is 0 Å². The molecule has 12 saturated carbocycles. The normalized spacial score (nSPS) is 53.4. The van der Waals surface area contributed by atoms with E-state index >= 15 is 0 Å². The van der Waals surface area contributed by atoms with Crippen LogP contribution in [0.2, 0.25) is 0 Å². The summed E-state index contributed by atoms with van der Waals surface area (Å²) in [5.74, 6) is 34.5. The minimum absolute atomic E-state index is 0. The molecule has 12 aliphatic carbocycles. The van der Waals surface area contributed by atoms with Crippen molar-refractivity contribution in [2.75, 3.05) is 0 Å². The second kappa shape index (κ2) is 7.90. The average molecular weight is 469 g/mol. The van der Waals surface area contributed by atoms with Crippen molar-refractivity contribution in [3.8, 4) is 59.2 Å². The highest BCUT2D eigenvalue weighted by Crippen LogP contribution is 3.38. The van der Waals surface area contributed by atoms with E-state index in [2.05, 4.69) is 80.0 Å². The third-order valence-corrected chi connectivity index (χ3v) is 11.0. The lowest BCUT2D eigenvalue weighted by atomic mass is 10.2. The predicted molar refractivity (Wildman–Crippen MR) is 151 cm³/mol. The van der Waals surface area contributed by atoms with Crippen LogP contribution in [0, 0.1) is 127 Å². The first kappa shape index (κ1) is 29.0. The van der Waals surface area contributed by atoms with Gasteiger partial charge in [-0.15, -0.1) is 5.92 Å². The Hall–Kier alpha value is -2.20. The van der Waals surface area contributed by atoms with Gasteiger partial charge in [-0.3, -0.25) is 0 Å². The number of hydrogen-bond donors (Lipinski definition) is 0. The Morgan fingerprint density at radius 1 is 0.429 bits per heavy atom. The van der Waals surface area contributed by atoms with Crippen LogP contribution in [0.15, 0.2) is 0 Å². The van der Waals surface area contributed by atoms with Gasteiger partial charge in [-0.25, -0.2) is 0 Å². The van der Waals surface area contributed by atoms with Crippen LogP contribution in [0.3, 0.4) is 0 Å². The van der Waals surface area contributed by atoms with Crippen LogP contribution in [0.5, 0.6) is 0 Å². The third kappa shape index (κ3) is 2.62. The molecule has 0 aromatic heterocycles. The van der Waals surface area contributed by atoms with Gasteiger partial charge in [-0.05, 0) is 121 Å². The first-order chi connectivity index (χ1) is 15.4. The minimum Gasteiger partial charge on any atom is -0.106 e. The van der Waals surface area contributed by atoms with Gasteiger partial charge in [0.15, 0.2) is 0 Å². The molecule has 188 valence electrons. The number of rotatable bonds is 1. The van der Waals surface area contributed by atoms with E-state index in [0.717, 1.165) is 38.9 Å². The van der Waals surface area contributed by atoms with E-state index in [4.69, 9.17) is 0 Å². The minimum atomic E-state index is 0. The fourth-order valence-electron chi connectivity index (χ4n) is 8.74. The van der Waals surface area contributed by atoms with Gasteiger partial charge in [-0.2, -0.15) is 0 Å². The first-order valence-corrected chi connectivity index (χ1v) is 12.5. The highest BCUT2D eigenvalue weighted by Gasteiger charge is 3.36. The molecule has 0 aromatic rings. The summed E-state index contributed by atoms with van der Waals surface area (Å²) in [5.41, 5.74) is 5.48. The molecule has 0 N–H and O–H groups in total. The molecule has 0 amide bonds. The van der Waals surface area contributed by atoms with Crippen molar-refractivity contribution in [3.63, 3.8) is 0 Å². The van der Waals surface area contributed by atoms with E-state index < -0.39 is 0 Å². The maximum atomic E-state index is 3.30. The Morgan fingerprint density at radius 2 is 0.657 bits per heavy atom. The molecular formula is C35H48. The Bertz CT molecular complexity index is 1090. The van der Waals surface area contributed by atoms with Gasteiger partial charge in [0, 0.05) is 5.41 Å². The van der Waals surface area contributed by atoms with Crippen LogP contribution in [0.1, 0.15) is 91.5 Å². The van der Waals surface area contributed by atoms with Gasteiger partial charge < -0.3 is 0 Å². The molecule has 0 bridgehead atoms. The van der Waals surface area contributed by atoms with Crippen LogP contribution >= 0.6 is 0 Å². The third-order valence-electron chi connectivity index (χ3n) is 11.0. The quantitative estimate of drug-likeness (QED) is 0.344. The van der Waals surface area contributed by atoms with Gasteiger partial charge >= 0.3 is 0 Å². The topological polar surface area (TPSA) is 0 Å². The molecule has 0 nitrogen and oxygen atoms in total. The maximum absolute atomic E-state index is 3.30. The lowest BCUT2D eigenvalue weighted by Crippen LogP contribution is -1.84. The van der Waals surface area contributed by atoms with Crippen molar-refractivity contribution in [2.24, 2.45) is 68.0 Å². The van der Waals surface area contributed by atoms with Gasteiger partial charge in [0.25, 0.3) is 0 Å². The smallest absolute Gasteiger partial charge is 0.0449 e. The van der Waals surface area contributed by atoms with Crippen LogP contribution in [-0.4, -0.2) is 0 Å². The zero-order valence-corrected chi connectivity index (χ0v) is 21.5. The summed E-state index contributed by atoms with van der Waals surface area (Å²) in [4.78, 5) is 0. The summed E-state index contributed by atoms with van der Waals surface area (Å²) in [5, 5.41) is 0. The van der Waals surface area contributed by atoms with Crippen molar-refractivity contribution >= 4 is 0 Å². The summed E-state index contributed by atoms with van der Waals surface area (Å²) in [6.07, 6.45) is 0. The zero-order valence-electron chi connectivity index (χ0n) is 21.5. The van der Waals surface area contributed by atoms with E-state index in [1.165, 1.54) is 23.7 Å². The highest BCUT2D eigenvalue weighted by atomic mass is 15.4. The standard InChI is InChI=1S/C10H10.C8H8.2C6H6.C2H6.3CH4/c1-7-3-4(7)9(3,7)10-5-6(10)8(5,10)2;1-3-4-8-5-6(8)7(5,8)2;2*1-3-5-6-4-2;1-2;;;/h3-6H,1-2H3;5-6H,1-2H3;2*1-2H3;1-2H3;3*1H4. The molecule has 0 spiro atoms. The largest absolute Gasteiger partial charge is 0.106 e. The van der Waals surface area contributed by atoms with Crippen LogP contribution in [0.25, 0.3) is 0 Å². The molecule has 0 radical (unpaired) electrons.